The molecule has 2 heterocycles. The number of benzene rings is 3. The quantitative estimate of drug-likeness (QED) is 0.109. The van der Waals surface area contributed by atoms with Gasteiger partial charge >= 0.3 is 0 Å². The van der Waals surface area contributed by atoms with Gasteiger partial charge in [-0.2, -0.15) is 0 Å². The number of amides is 1. The molecule has 0 saturated carbocycles. The number of nitrogens with zero attached hydrogens (tertiary/aromatic N) is 5. The number of aromatic nitrogens is 2. The van der Waals surface area contributed by atoms with E-state index in [1.54, 1.807) is 31.3 Å². The molecule has 230 valence electrons. The van der Waals surface area contributed by atoms with Crippen LogP contribution in [0.5, 0.6) is 11.5 Å². The Morgan fingerprint density at radius 3 is 2.41 bits per heavy atom. The molecule has 0 spiro atoms. The molecule has 0 radical (unpaired) electrons. The lowest BCUT2D eigenvalue weighted by Crippen LogP contribution is -2.47. The van der Waals surface area contributed by atoms with Gasteiger partial charge in [0.2, 0.25) is 0 Å². The molecule has 0 atom stereocenters. The number of hydrogen-bond donors (Lipinski definition) is 0. The number of ether oxygens (including phenoxy) is 2. The maximum Gasteiger partial charge on any atom is 0.253 e. The van der Waals surface area contributed by atoms with Gasteiger partial charge in [0, 0.05) is 57.2 Å². The van der Waals surface area contributed by atoms with Crippen LogP contribution in [0.3, 0.4) is 0 Å². The molecule has 3 aromatic carbocycles. The van der Waals surface area contributed by atoms with Crippen LogP contribution in [-0.4, -0.2) is 74.8 Å². The highest BCUT2D eigenvalue weighted by Gasteiger charge is 2.21. The molecule has 1 aliphatic heterocycles. The zero-order chi connectivity index (χ0) is 31.1. The van der Waals surface area contributed by atoms with Gasteiger partial charge in [0.15, 0.2) is 16.7 Å². The van der Waals surface area contributed by atoms with E-state index in [1.165, 1.54) is 17.8 Å². The molecule has 0 aliphatic carbocycles. The van der Waals surface area contributed by atoms with Gasteiger partial charge in [-0.15, -0.1) is 0 Å². The number of halogens is 2. The zero-order valence-electron chi connectivity index (χ0n) is 25.0. The maximum atomic E-state index is 14.3. The summed E-state index contributed by atoms with van der Waals surface area (Å²) in [6.45, 7) is 3.29. The summed E-state index contributed by atoms with van der Waals surface area (Å²) in [7, 11) is 5.02. The molecule has 4 aromatic rings. The molecule has 1 amide bonds. The first-order valence-corrected chi connectivity index (χ1v) is 15.7. The van der Waals surface area contributed by atoms with Gasteiger partial charge in [-0.25, -0.2) is 14.4 Å². The number of carbonyl (C=O) groups is 1. The Kier molecular flexibility index (Phi) is 10.4. The van der Waals surface area contributed by atoms with E-state index in [0.29, 0.717) is 78.0 Å². The summed E-state index contributed by atoms with van der Waals surface area (Å²) < 4.78 is 25.0. The number of piperazine rings is 1. The lowest BCUT2D eigenvalue weighted by atomic mass is 10.1. The Bertz CT molecular complexity index is 1600. The SMILES string of the molecule is COc1ccc(CCN(C)C(=O)c2cccc(CSc3nc(Cl)cc(N4CCN(c5ccccc5F)CC4)n3)c2)cc1OC. The van der Waals surface area contributed by atoms with Gasteiger partial charge in [0.05, 0.1) is 19.9 Å². The molecule has 8 nitrogen and oxygen atoms in total. The van der Waals surface area contributed by atoms with Crippen molar-refractivity contribution in [3.8, 4) is 11.5 Å². The summed E-state index contributed by atoms with van der Waals surface area (Å²) in [5.41, 5.74) is 3.28. The topological polar surface area (TPSA) is 71.0 Å². The summed E-state index contributed by atoms with van der Waals surface area (Å²) in [6, 6.07) is 22.0. The molecular weight excluding hydrogens is 601 g/mol. The van der Waals surface area contributed by atoms with Crippen molar-refractivity contribution in [2.45, 2.75) is 17.3 Å². The third-order valence-corrected chi connectivity index (χ3v) is 8.64. The van der Waals surface area contributed by atoms with Crippen LogP contribution in [0.4, 0.5) is 15.9 Å². The fourth-order valence-corrected chi connectivity index (χ4v) is 6.12. The third-order valence-electron chi connectivity index (χ3n) is 7.53. The maximum absolute atomic E-state index is 14.3. The van der Waals surface area contributed by atoms with Crippen molar-refractivity contribution in [2.75, 3.05) is 63.8 Å². The van der Waals surface area contributed by atoms with Crippen molar-refractivity contribution in [3.05, 3.63) is 100 Å². The fourth-order valence-electron chi connectivity index (χ4n) is 5.09. The van der Waals surface area contributed by atoms with Crippen LogP contribution >= 0.6 is 23.4 Å². The van der Waals surface area contributed by atoms with Gasteiger partial charge < -0.3 is 24.2 Å². The van der Waals surface area contributed by atoms with E-state index in [1.807, 2.05) is 66.5 Å². The number of anilines is 2. The van der Waals surface area contributed by atoms with Crippen LogP contribution in [-0.2, 0) is 12.2 Å². The van der Waals surface area contributed by atoms with Gasteiger partial charge in [-0.3, -0.25) is 4.79 Å². The van der Waals surface area contributed by atoms with E-state index in [9.17, 15) is 9.18 Å². The molecule has 0 bridgehead atoms. The van der Waals surface area contributed by atoms with E-state index in [4.69, 9.17) is 26.1 Å². The number of likely N-dealkylation sites (N-methyl/N-ethyl adjacent to an activating group) is 1. The Balaban J connectivity index is 1.17. The molecule has 1 fully saturated rings. The largest absolute Gasteiger partial charge is 0.493 e. The van der Waals surface area contributed by atoms with Gasteiger partial charge in [-0.1, -0.05) is 53.7 Å². The first-order chi connectivity index (χ1) is 21.3. The molecule has 44 heavy (non-hydrogen) atoms. The average molecular weight is 636 g/mol. The fraction of sp³-hybridized carbons (Fsp3) is 0.303. The first-order valence-electron chi connectivity index (χ1n) is 14.3. The Morgan fingerprint density at radius 1 is 0.909 bits per heavy atom. The summed E-state index contributed by atoms with van der Waals surface area (Å²) >= 11 is 7.86. The standard InChI is InChI=1S/C33H35ClFN5O3S/c1-38(14-13-23-11-12-28(42-2)29(20-23)43-3)32(41)25-8-6-7-24(19-25)22-44-33-36-30(34)21-31(37-33)40-17-15-39(16-18-40)27-10-5-4-9-26(27)35/h4-12,19-21H,13-18,22H2,1-3H3. The molecular formula is C33H35ClFN5O3S. The van der Waals surface area contributed by atoms with Gasteiger partial charge in [0.25, 0.3) is 5.91 Å². The number of hydrogen-bond acceptors (Lipinski definition) is 8. The zero-order valence-corrected chi connectivity index (χ0v) is 26.6. The predicted molar refractivity (Wildman–Crippen MR) is 174 cm³/mol. The summed E-state index contributed by atoms with van der Waals surface area (Å²) in [6.07, 6.45) is 0.685. The second-order valence-electron chi connectivity index (χ2n) is 10.4. The second-order valence-corrected chi connectivity index (χ2v) is 11.7. The lowest BCUT2D eigenvalue weighted by molar-refractivity contribution is 0.0796. The minimum atomic E-state index is -0.211. The molecule has 1 aromatic heterocycles. The monoisotopic (exact) mass is 635 g/mol. The molecule has 5 rings (SSSR count). The van der Waals surface area contributed by atoms with Crippen molar-refractivity contribution >= 4 is 40.8 Å². The molecule has 1 saturated heterocycles. The lowest BCUT2D eigenvalue weighted by Gasteiger charge is -2.36. The molecule has 0 unspecified atom stereocenters. The van der Waals surface area contributed by atoms with Crippen LogP contribution in [0.15, 0.2) is 78.0 Å². The smallest absolute Gasteiger partial charge is 0.253 e. The summed E-state index contributed by atoms with van der Waals surface area (Å²) in [5.74, 6) is 2.42. The highest BCUT2D eigenvalue weighted by atomic mass is 35.5. The highest BCUT2D eigenvalue weighted by molar-refractivity contribution is 7.98. The molecule has 1 aliphatic rings. The third kappa shape index (κ3) is 7.73. The van der Waals surface area contributed by atoms with Crippen molar-refractivity contribution in [1.29, 1.82) is 0 Å². The van der Waals surface area contributed by atoms with Crippen LogP contribution in [0.2, 0.25) is 5.15 Å². The van der Waals surface area contributed by atoms with E-state index >= 15 is 0 Å². The Labute approximate surface area is 266 Å². The summed E-state index contributed by atoms with van der Waals surface area (Å²) in [4.78, 5) is 28.3. The average Bonchev–Trinajstić information content (AvgIpc) is 3.06. The predicted octanol–water partition coefficient (Wildman–Crippen LogP) is 6.22. The number of methoxy groups -OCH3 is 2. The van der Waals surface area contributed by atoms with E-state index in [-0.39, 0.29) is 11.7 Å². The van der Waals surface area contributed by atoms with E-state index in [2.05, 4.69) is 9.88 Å². The van der Waals surface area contributed by atoms with Crippen LogP contribution in [0.1, 0.15) is 21.5 Å². The minimum absolute atomic E-state index is 0.0480. The van der Waals surface area contributed by atoms with Crippen molar-refractivity contribution < 1.29 is 18.7 Å². The van der Waals surface area contributed by atoms with E-state index < -0.39 is 0 Å². The van der Waals surface area contributed by atoms with Crippen LogP contribution < -0.4 is 19.3 Å². The number of carbonyl (C=O) groups excluding carboxylic acids is 1. The highest BCUT2D eigenvalue weighted by Crippen LogP contribution is 2.29. The van der Waals surface area contributed by atoms with Gasteiger partial charge in [-0.05, 0) is 53.9 Å². The second kappa shape index (κ2) is 14.6. The molecule has 0 N–H and O–H groups in total. The summed E-state index contributed by atoms with van der Waals surface area (Å²) in [5, 5.41) is 0.932. The van der Waals surface area contributed by atoms with Crippen molar-refractivity contribution in [1.82, 2.24) is 14.9 Å². The van der Waals surface area contributed by atoms with Gasteiger partial charge in [0.1, 0.15) is 16.8 Å². The van der Waals surface area contributed by atoms with Crippen molar-refractivity contribution in [2.24, 2.45) is 0 Å². The normalized spacial score (nSPS) is 13.1. The minimum Gasteiger partial charge on any atom is -0.493 e. The first kappa shape index (κ1) is 31.4. The number of rotatable bonds is 11. The van der Waals surface area contributed by atoms with Crippen LogP contribution in [0.25, 0.3) is 0 Å². The number of para-hydroxylation sites is 1. The van der Waals surface area contributed by atoms with Crippen LogP contribution in [0, 0.1) is 5.82 Å². The Morgan fingerprint density at radius 2 is 1.66 bits per heavy atom. The number of thioether (sulfide) groups is 1. The van der Waals surface area contributed by atoms with Crippen molar-refractivity contribution in [3.63, 3.8) is 0 Å². The Hall–Kier alpha value is -4.02. The van der Waals surface area contributed by atoms with E-state index in [0.717, 1.165) is 16.9 Å². The molecule has 11 heteroatoms.